The molecule has 0 amide bonds. The van der Waals surface area contributed by atoms with Gasteiger partial charge in [0.25, 0.3) is 0 Å². The second-order valence-corrected chi connectivity index (χ2v) is 3.68. The number of hydrogen-bond acceptors (Lipinski definition) is 4. The van der Waals surface area contributed by atoms with Crippen molar-refractivity contribution in [2.45, 2.75) is 18.9 Å². The molecule has 1 aliphatic rings. The molecule has 1 aliphatic carbocycles. The molecule has 0 N–H and O–H groups in total. The molecule has 0 aromatic heterocycles. The van der Waals surface area contributed by atoms with Crippen LogP contribution in [0.25, 0.3) is 0 Å². The predicted octanol–water partition coefficient (Wildman–Crippen LogP) is 1.79. The molecular weight excluding hydrogens is 208 g/mol. The molecule has 0 aliphatic heterocycles. The number of carbonyl (C=O) groups excluding carboxylic acids is 2. The van der Waals surface area contributed by atoms with Gasteiger partial charge in [0, 0.05) is 0 Å². The number of hydrogen-bond donors (Lipinski definition) is 0. The van der Waals surface area contributed by atoms with Crippen molar-refractivity contribution in [1.82, 2.24) is 0 Å². The lowest BCUT2D eigenvalue weighted by Gasteiger charge is -2.04. The van der Waals surface area contributed by atoms with E-state index < -0.39 is 5.97 Å². The average Bonchev–Trinajstić information content (AvgIpc) is 3.12. The van der Waals surface area contributed by atoms with Gasteiger partial charge >= 0.3 is 11.9 Å². The third-order valence-electron chi connectivity index (χ3n) is 2.32. The molecule has 16 heavy (non-hydrogen) atoms. The van der Waals surface area contributed by atoms with E-state index in [0.29, 0.717) is 11.1 Å². The van der Waals surface area contributed by atoms with Gasteiger partial charge < -0.3 is 9.47 Å². The lowest BCUT2D eigenvalue weighted by Crippen LogP contribution is -2.08. The van der Waals surface area contributed by atoms with E-state index in [0.717, 1.165) is 12.8 Å². The smallest absolute Gasteiger partial charge is 0.338 e. The molecule has 84 valence electrons. The van der Waals surface area contributed by atoms with Crippen LogP contribution < -0.4 is 0 Å². The maximum absolute atomic E-state index is 11.6. The van der Waals surface area contributed by atoms with Crippen molar-refractivity contribution in [2.75, 3.05) is 7.11 Å². The fourth-order valence-corrected chi connectivity index (χ4v) is 1.30. The molecule has 2 rings (SSSR count). The highest BCUT2D eigenvalue weighted by Gasteiger charge is 2.26. The Kier molecular flexibility index (Phi) is 2.90. The van der Waals surface area contributed by atoms with Gasteiger partial charge in [-0.3, -0.25) is 0 Å². The molecule has 0 bridgehead atoms. The standard InChI is InChI=1S/C12H12O4/c1-15-11(13)8-3-2-4-9(7-8)12(14)16-10-5-6-10/h2-4,7,10H,5-6H2,1H3. The van der Waals surface area contributed by atoms with Gasteiger partial charge in [-0.25, -0.2) is 9.59 Å². The van der Waals surface area contributed by atoms with Crippen molar-refractivity contribution >= 4 is 11.9 Å². The number of benzene rings is 1. The predicted molar refractivity (Wildman–Crippen MR) is 56.2 cm³/mol. The Bertz CT molecular complexity index is 421. The van der Waals surface area contributed by atoms with Gasteiger partial charge in [-0.15, -0.1) is 0 Å². The van der Waals surface area contributed by atoms with E-state index in [4.69, 9.17) is 4.74 Å². The van der Waals surface area contributed by atoms with Gasteiger partial charge in [-0.1, -0.05) is 6.07 Å². The minimum atomic E-state index is -0.457. The zero-order chi connectivity index (χ0) is 11.5. The summed E-state index contributed by atoms with van der Waals surface area (Å²) in [7, 11) is 1.30. The highest BCUT2D eigenvalue weighted by atomic mass is 16.5. The van der Waals surface area contributed by atoms with Gasteiger partial charge in [0.2, 0.25) is 0 Å². The summed E-state index contributed by atoms with van der Waals surface area (Å²) >= 11 is 0. The van der Waals surface area contributed by atoms with E-state index in [9.17, 15) is 9.59 Å². The maximum Gasteiger partial charge on any atom is 0.338 e. The molecule has 0 atom stereocenters. The Labute approximate surface area is 93.2 Å². The van der Waals surface area contributed by atoms with Gasteiger partial charge in [-0.05, 0) is 31.0 Å². The maximum atomic E-state index is 11.6. The minimum absolute atomic E-state index is 0.0642. The molecule has 4 nitrogen and oxygen atoms in total. The minimum Gasteiger partial charge on any atom is -0.465 e. The Morgan fingerprint density at radius 3 is 2.38 bits per heavy atom. The summed E-state index contributed by atoms with van der Waals surface area (Å²) in [6.45, 7) is 0. The van der Waals surface area contributed by atoms with Crippen molar-refractivity contribution in [3.63, 3.8) is 0 Å². The van der Waals surface area contributed by atoms with Gasteiger partial charge in [0.1, 0.15) is 6.10 Å². The highest BCUT2D eigenvalue weighted by Crippen LogP contribution is 2.24. The van der Waals surface area contributed by atoms with Crippen LogP contribution in [-0.2, 0) is 9.47 Å². The fraction of sp³-hybridized carbons (Fsp3) is 0.333. The summed E-state index contributed by atoms with van der Waals surface area (Å²) in [5.74, 6) is -0.839. The summed E-state index contributed by atoms with van der Waals surface area (Å²) < 4.78 is 9.70. The monoisotopic (exact) mass is 220 g/mol. The van der Waals surface area contributed by atoms with Crippen LogP contribution in [0.15, 0.2) is 24.3 Å². The van der Waals surface area contributed by atoms with Crippen LogP contribution >= 0.6 is 0 Å². The molecule has 1 aromatic carbocycles. The summed E-state index contributed by atoms with van der Waals surface area (Å²) in [5, 5.41) is 0. The molecule has 1 aromatic rings. The molecule has 0 heterocycles. The Morgan fingerprint density at radius 2 is 1.81 bits per heavy atom. The lowest BCUT2D eigenvalue weighted by atomic mass is 10.1. The van der Waals surface area contributed by atoms with Crippen molar-refractivity contribution in [3.8, 4) is 0 Å². The topological polar surface area (TPSA) is 52.6 Å². The first-order chi connectivity index (χ1) is 7.70. The second kappa shape index (κ2) is 4.35. The van der Waals surface area contributed by atoms with E-state index in [1.54, 1.807) is 18.2 Å². The SMILES string of the molecule is COC(=O)c1cccc(C(=O)OC2CC2)c1. The van der Waals surface area contributed by atoms with Crippen LogP contribution in [0.5, 0.6) is 0 Å². The first-order valence-electron chi connectivity index (χ1n) is 5.10. The third-order valence-corrected chi connectivity index (χ3v) is 2.32. The average molecular weight is 220 g/mol. The van der Waals surface area contributed by atoms with E-state index in [1.807, 2.05) is 0 Å². The normalized spacial score (nSPS) is 14.3. The molecule has 0 unspecified atom stereocenters. The summed E-state index contributed by atoms with van der Waals surface area (Å²) in [6.07, 6.45) is 1.93. The number of methoxy groups -OCH3 is 1. The molecular formula is C12H12O4. The van der Waals surface area contributed by atoms with Gasteiger partial charge in [-0.2, -0.15) is 0 Å². The van der Waals surface area contributed by atoms with E-state index in [-0.39, 0.29) is 12.1 Å². The molecule has 1 fully saturated rings. The number of carbonyl (C=O) groups is 2. The molecule has 4 heteroatoms. The first-order valence-corrected chi connectivity index (χ1v) is 5.10. The number of esters is 2. The van der Waals surface area contributed by atoms with Crippen LogP contribution in [0.3, 0.4) is 0 Å². The molecule has 1 saturated carbocycles. The Balaban J connectivity index is 2.14. The second-order valence-electron chi connectivity index (χ2n) is 3.68. The van der Waals surface area contributed by atoms with Crippen molar-refractivity contribution in [3.05, 3.63) is 35.4 Å². The van der Waals surface area contributed by atoms with E-state index >= 15 is 0 Å². The van der Waals surface area contributed by atoms with Crippen LogP contribution in [0.2, 0.25) is 0 Å². The summed E-state index contributed by atoms with van der Waals surface area (Å²) in [4.78, 5) is 22.8. The molecule has 0 spiro atoms. The highest BCUT2D eigenvalue weighted by molar-refractivity contribution is 5.95. The zero-order valence-electron chi connectivity index (χ0n) is 8.93. The third kappa shape index (κ3) is 2.39. The van der Waals surface area contributed by atoms with Gasteiger partial charge in [0.15, 0.2) is 0 Å². The van der Waals surface area contributed by atoms with Crippen LogP contribution in [0, 0.1) is 0 Å². The lowest BCUT2D eigenvalue weighted by molar-refractivity contribution is 0.0472. The van der Waals surface area contributed by atoms with E-state index in [2.05, 4.69) is 4.74 Å². The molecule has 0 saturated heterocycles. The van der Waals surface area contributed by atoms with Crippen LogP contribution in [0.4, 0.5) is 0 Å². The van der Waals surface area contributed by atoms with Crippen LogP contribution in [-0.4, -0.2) is 25.2 Å². The van der Waals surface area contributed by atoms with Crippen molar-refractivity contribution in [1.29, 1.82) is 0 Å². The molecule has 0 radical (unpaired) electrons. The first kappa shape index (κ1) is 10.7. The summed E-state index contributed by atoms with van der Waals surface area (Å²) in [5.41, 5.74) is 0.738. The summed E-state index contributed by atoms with van der Waals surface area (Å²) in [6, 6.07) is 6.34. The zero-order valence-corrected chi connectivity index (χ0v) is 8.93. The quantitative estimate of drug-likeness (QED) is 0.729. The number of ether oxygens (including phenoxy) is 2. The van der Waals surface area contributed by atoms with Crippen LogP contribution in [0.1, 0.15) is 33.6 Å². The van der Waals surface area contributed by atoms with Crippen molar-refractivity contribution in [2.24, 2.45) is 0 Å². The Morgan fingerprint density at radius 1 is 1.19 bits per heavy atom. The number of rotatable bonds is 3. The fourth-order valence-electron chi connectivity index (χ4n) is 1.30. The largest absolute Gasteiger partial charge is 0.465 e. The van der Waals surface area contributed by atoms with Crippen molar-refractivity contribution < 1.29 is 19.1 Å². The van der Waals surface area contributed by atoms with E-state index in [1.165, 1.54) is 13.2 Å². The van der Waals surface area contributed by atoms with Gasteiger partial charge in [0.05, 0.1) is 18.2 Å². The Hall–Kier alpha value is -1.84.